The zero-order valence-corrected chi connectivity index (χ0v) is 10.1. The molecule has 0 unspecified atom stereocenters. The summed E-state index contributed by atoms with van der Waals surface area (Å²) in [6.07, 6.45) is -0.409. The van der Waals surface area contributed by atoms with Crippen LogP contribution in [0, 0.1) is 6.92 Å². The minimum atomic E-state index is -3.00. The van der Waals surface area contributed by atoms with Crippen molar-refractivity contribution in [3.05, 3.63) is 47.7 Å². The van der Waals surface area contributed by atoms with E-state index in [4.69, 9.17) is 10.2 Å². The second-order valence-electron chi connectivity index (χ2n) is 4.27. The second-order valence-corrected chi connectivity index (χ2v) is 4.27. The number of halogens is 2. The smallest absolute Gasteiger partial charge is 0.305 e. The molecule has 1 heterocycles. The van der Waals surface area contributed by atoms with Crippen LogP contribution in [-0.2, 0) is 5.92 Å². The maximum absolute atomic E-state index is 13.6. The van der Waals surface area contributed by atoms with E-state index in [1.54, 1.807) is 6.07 Å². The standard InChI is InChI=1S/C14H15F2NO/c1-10-2-4-11(5-3-10)12-6-7-13(18-12)14(15,16)8-9-17/h2-7H,8-9,17H2,1H3. The van der Waals surface area contributed by atoms with Crippen molar-refractivity contribution >= 4 is 0 Å². The van der Waals surface area contributed by atoms with E-state index >= 15 is 0 Å². The molecular weight excluding hydrogens is 236 g/mol. The molecule has 0 aliphatic rings. The Morgan fingerprint density at radius 1 is 1.11 bits per heavy atom. The molecular formula is C14H15F2NO. The van der Waals surface area contributed by atoms with Crippen molar-refractivity contribution in [2.24, 2.45) is 5.73 Å². The van der Waals surface area contributed by atoms with Crippen molar-refractivity contribution in [1.82, 2.24) is 0 Å². The fraction of sp³-hybridized carbons (Fsp3) is 0.286. The molecule has 0 radical (unpaired) electrons. The molecule has 18 heavy (non-hydrogen) atoms. The van der Waals surface area contributed by atoms with Gasteiger partial charge in [-0.15, -0.1) is 0 Å². The van der Waals surface area contributed by atoms with E-state index in [1.807, 2.05) is 31.2 Å². The molecule has 0 spiro atoms. The van der Waals surface area contributed by atoms with Gasteiger partial charge < -0.3 is 10.2 Å². The minimum Gasteiger partial charge on any atom is -0.455 e. The number of benzene rings is 1. The van der Waals surface area contributed by atoms with Gasteiger partial charge in [0.05, 0.1) is 0 Å². The lowest BCUT2D eigenvalue weighted by Crippen LogP contribution is -2.17. The van der Waals surface area contributed by atoms with Gasteiger partial charge in [0.2, 0.25) is 0 Å². The van der Waals surface area contributed by atoms with Crippen molar-refractivity contribution in [1.29, 1.82) is 0 Å². The van der Waals surface area contributed by atoms with Crippen LogP contribution in [0.25, 0.3) is 11.3 Å². The molecule has 2 aromatic rings. The molecule has 0 saturated carbocycles. The molecule has 1 aromatic heterocycles. The van der Waals surface area contributed by atoms with Crippen LogP contribution in [0.2, 0.25) is 0 Å². The Labute approximate surface area is 104 Å². The first-order chi connectivity index (χ1) is 8.53. The lowest BCUT2D eigenvalue weighted by molar-refractivity contribution is -0.0311. The maximum Gasteiger partial charge on any atom is 0.305 e. The highest BCUT2D eigenvalue weighted by molar-refractivity contribution is 5.58. The van der Waals surface area contributed by atoms with Crippen LogP contribution in [0.4, 0.5) is 8.78 Å². The van der Waals surface area contributed by atoms with Gasteiger partial charge in [0.25, 0.3) is 0 Å². The molecule has 0 fully saturated rings. The van der Waals surface area contributed by atoms with E-state index in [-0.39, 0.29) is 12.3 Å². The number of furan rings is 1. The minimum absolute atomic E-state index is 0.0758. The summed E-state index contributed by atoms with van der Waals surface area (Å²) in [7, 11) is 0. The first-order valence-corrected chi connectivity index (χ1v) is 5.78. The summed E-state index contributed by atoms with van der Waals surface area (Å²) >= 11 is 0. The summed E-state index contributed by atoms with van der Waals surface area (Å²) < 4.78 is 32.4. The molecule has 0 bridgehead atoms. The molecule has 0 atom stereocenters. The topological polar surface area (TPSA) is 39.2 Å². The van der Waals surface area contributed by atoms with Gasteiger partial charge in [0, 0.05) is 12.0 Å². The number of hydrogen-bond acceptors (Lipinski definition) is 2. The van der Waals surface area contributed by atoms with E-state index in [0.29, 0.717) is 5.76 Å². The number of rotatable bonds is 4. The molecule has 2 nitrogen and oxygen atoms in total. The van der Waals surface area contributed by atoms with E-state index in [0.717, 1.165) is 11.1 Å². The molecule has 4 heteroatoms. The Bertz CT molecular complexity index is 517. The number of nitrogens with two attached hydrogens (primary N) is 1. The van der Waals surface area contributed by atoms with E-state index in [9.17, 15) is 8.78 Å². The molecule has 0 saturated heterocycles. The second kappa shape index (κ2) is 4.90. The van der Waals surface area contributed by atoms with Crippen molar-refractivity contribution in [3.8, 4) is 11.3 Å². The third kappa shape index (κ3) is 2.59. The Morgan fingerprint density at radius 2 is 1.78 bits per heavy atom. The Kier molecular flexibility index (Phi) is 3.48. The van der Waals surface area contributed by atoms with Gasteiger partial charge in [-0.1, -0.05) is 29.8 Å². The molecule has 0 aliphatic carbocycles. The highest BCUT2D eigenvalue weighted by atomic mass is 19.3. The van der Waals surface area contributed by atoms with Gasteiger partial charge in [-0.3, -0.25) is 0 Å². The third-order valence-electron chi connectivity index (χ3n) is 2.76. The van der Waals surface area contributed by atoms with Gasteiger partial charge in [0.1, 0.15) is 5.76 Å². The van der Waals surface area contributed by atoms with Crippen molar-refractivity contribution in [2.45, 2.75) is 19.3 Å². The summed E-state index contributed by atoms with van der Waals surface area (Å²) in [6.45, 7) is 1.89. The van der Waals surface area contributed by atoms with Crippen molar-refractivity contribution in [2.75, 3.05) is 6.54 Å². The van der Waals surface area contributed by atoms with Crippen LogP contribution in [0.3, 0.4) is 0 Å². The normalized spacial score (nSPS) is 11.8. The molecule has 1 aromatic carbocycles. The fourth-order valence-corrected chi connectivity index (χ4v) is 1.71. The zero-order chi connectivity index (χ0) is 13.2. The third-order valence-corrected chi connectivity index (χ3v) is 2.76. The van der Waals surface area contributed by atoms with Crippen LogP contribution < -0.4 is 5.73 Å². The monoisotopic (exact) mass is 251 g/mol. The number of aryl methyl sites for hydroxylation is 1. The lowest BCUT2D eigenvalue weighted by Gasteiger charge is -2.11. The SMILES string of the molecule is Cc1ccc(-c2ccc(C(F)(F)CCN)o2)cc1. The Hall–Kier alpha value is -1.68. The average Bonchev–Trinajstić information content (AvgIpc) is 2.80. The van der Waals surface area contributed by atoms with Gasteiger partial charge in [-0.05, 0) is 25.6 Å². The van der Waals surface area contributed by atoms with E-state index < -0.39 is 12.3 Å². The maximum atomic E-state index is 13.6. The fourth-order valence-electron chi connectivity index (χ4n) is 1.71. The zero-order valence-electron chi connectivity index (χ0n) is 10.1. The predicted octanol–water partition coefficient (Wildman–Crippen LogP) is 3.70. The molecule has 2 N–H and O–H groups in total. The number of hydrogen-bond donors (Lipinski definition) is 1. The quantitative estimate of drug-likeness (QED) is 0.900. The van der Waals surface area contributed by atoms with Crippen molar-refractivity contribution in [3.63, 3.8) is 0 Å². The Balaban J connectivity index is 2.28. The highest BCUT2D eigenvalue weighted by Gasteiger charge is 2.34. The van der Waals surface area contributed by atoms with Crippen molar-refractivity contribution < 1.29 is 13.2 Å². The lowest BCUT2D eigenvalue weighted by atomic mass is 10.1. The van der Waals surface area contributed by atoms with E-state index in [1.165, 1.54) is 6.07 Å². The summed E-state index contributed by atoms with van der Waals surface area (Å²) in [4.78, 5) is 0. The molecule has 0 aliphatic heterocycles. The largest absolute Gasteiger partial charge is 0.455 e. The van der Waals surface area contributed by atoms with Crippen LogP contribution in [-0.4, -0.2) is 6.54 Å². The van der Waals surface area contributed by atoms with Crippen LogP contribution in [0.1, 0.15) is 17.7 Å². The Morgan fingerprint density at radius 3 is 2.39 bits per heavy atom. The van der Waals surface area contributed by atoms with Crippen LogP contribution in [0.5, 0.6) is 0 Å². The molecule has 96 valence electrons. The average molecular weight is 251 g/mol. The van der Waals surface area contributed by atoms with Gasteiger partial charge in [-0.25, -0.2) is 0 Å². The molecule has 0 amide bonds. The summed E-state index contributed by atoms with van der Waals surface area (Å²) in [6, 6.07) is 10.4. The summed E-state index contributed by atoms with van der Waals surface area (Å²) in [5.74, 6) is -2.89. The molecule has 2 rings (SSSR count). The first-order valence-electron chi connectivity index (χ1n) is 5.78. The van der Waals surface area contributed by atoms with Crippen LogP contribution in [0.15, 0.2) is 40.8 Å². The predicted molar refractivity (Wildman–Crippen MR) is 66.4 cm³/mol. The number of alkyl halides is 2. The van der Waals surface area contributed by atoms with Gasteiger partial charge in [-0.2, -0.15) is 8.78 Å². The van der Waals surface area contributed by atoms with E-state index in [2.05, 4.69) is 0 Å². The highest BCUT2D eigenvalue weighted by Crippen LogP contribution is 2.34. The van der Waals surface area contributed by atoms with Gasteiger partial charge >= 0.3 is 5.92 Å². The van der Waals surface area contributed by atoms with Gasteiger partial charge in [0.15, 0.2) is 5.76 Å². The summed E-state index contributed by atoms with van der Waals surface area (Å²) in [5.41, 5.74) is 7.06. The van der Waals surface area contributed by atoms with Crippen LogP contribution >= 0.6 is 0 Å². The first kappa shape index (κ1) is 12.8. The summed E-state index contributed by atoms with van der Waals surface area (Å²) in [5, 5.41) is 0.